The van der Waals surface area contributed by atoms with Crippen molar-refractivity contribution in [1.29, 1.82) is 0 Å². The maximum absolute atomic E-state index is 11.8. The zero-order chi connectivity index (χ0) is 19.6. The lowest BCUT2D eigenvalue weighted by atomic mass is 9.96. The summed E-state index contributed by atoms with van der Waals surface area (Å²) in [5, 5.41) is 19.5. The quantitative estimate of drug-likeness (QED) is 0.687. The Kier molecular flexibility index (Phi) is 5.27. The highest BCUT2D eigenvalue weighted by atomic mass is 32.1. The molecule has 0 unspecified atom stereocenters. The molecule has 1 heterocycles. The Morgan fingerprint density at radius 3 is 2.07 bits per heavy atom. The fourth-order valence-electron chi connectivity index (χ4n) is 2.88. The molecule has 3 rings (SSSR count). The first kappa shape index (κ1) is 18.7. The predicted molar refractivity (Wildman–Crippen MR) is 102 cm³/mol. The molecule has 0 spiro atoms. The van der Waals surface area contributed by atoms with Crippen LogP contribution in [0.25, 0.3) is 21.7 Å². The number of carboxylic acids is 1. The Morgan fingerprint density at radius 1 is 0.926 bits per heavy atom. The van der Waals surface area contributed by atoms with E-state index in [1.807, 2.05) is 31.2 Å². The highest BCUT2D eigenvalue weighted by Crippen LogP contribution is 2.48. The number of hydrogen-bond acceptors (Lipinski definition) is 7. The van der Waals surface area contributed by atoms with Crippen LogP contribution < -0.4 is 14.2 Å². The molecular formula is C19H18N2O5S. The first-order valence-electron chi connectivity index (χ1n) is 7.98. The largest absolute Gasteiger partial charge is 0.492 e. The van der Waals surface area contributed by atoms with Gasteiger partial charge in [-0.15, -0.1) is 10.2 Å². The van der Waals surface area contributed by atoms with Crippen LogP contribution in [0.4, 0.5) is 0 Å². The van der Waals surface area contributed by atoms with Crippen molar-refractivity contribution >= 4 is 17.3 Å². The van der Waals surface area contributed by atoms with Gasteiger partial charge in [-0.3, -0.25) is 0 Å². The predicted octanol–water partition coefficient (Wildman–Crippen LogP) is 3.90. The summed E-state index contributed by atoms with van der Waals surface area (Å²) in [6, 6.07) is 9.06. The molecule has 1 aromatic heterocycles. The van der Waals surface area contributed by atoms with Gasteiger partial charge in [-0.25, -0.2) is 4.79 Å². The molecule has 0 saturated carbocycles. The number of rotatable bonds is 6. The summed E-state index contributed by atoms with van der Waals surface area (Å²) >= 11 is 1.46. The van der Waals surface area contributed by atoms with Crippen LogP contribution in [0.15, 0.2) is 30.3 Å². The van der Waals surface area contributed by atoms with Gasteiger partial charge in [0, 0.05) is 11.1 Å². The molecule has 0 atom stereocenters. The average molecular weight is 386 g/mol. The first-order valence-corrected chi connectivity index (χ1v) is 8.79. The summed E-state index contributed by atoms with van der Waals surface area (Å²) in [4.78, 5) is 11.8. The molecule has 3 aromatic rings. The molecule has 140 valence electrons. The van der Waals surface area contributed by atoms with Gasteiger partial charge in [0.15, 0.2) is 11.5 Å². The third-order valence-corrected chi connectivity index (χ3v) is 4.88. The molecule has 0 radical (unpaired) electrons. The number of carbonyl (C=O) groups is 1. The second-order valence-electron chi connectivity index (χ2n) is 5.55. The Hall–Kier alpha value is -3.13. The molecule has 1 N–H and O–H groups in total. The Morgan fingerprint density at radius 2 is 1.56 bits per heavy atom. The van der Waals surface area contributed by atoms with Gasteiger partial charge in [0.05, 0.1) is 21.3 Å². The van der Waals surface area contributed by atoms with Crippen LogP contribution in [0.5, 0.6) is 17.2 Å². The fourth-order valence-corrected chi connectivity index (χ4v) is 3.61. The average Bonchev–Trinajstić information content (AvgIpc) is 3.12. The van der Waals surface area contributed by atoms with E-state index in [1.165, 1.54) is 38.7 Å². The van der Waals surface area contributed by atoms with E-state index in [0.717, 1.165) is 21.1 Å². The number of nitrogens with zero attached hydrogens (tertiary/aromatic N) is 2. The van der Waals surface area contributed by atoms with Crippen LogP contribution in [-0.2, 0) is 0 Å². The molecule has 0 amide bonds. The monoisotopic (exact) mass is 386 g/mol. The second kappa shape index (κ2) is 7.63. The third kappa shape index (κ3) is 3.31. The van der Waals surface area contributed by atoms with E-state index in [4.69, 9.17) is 14.2 Å². The van der Waals surface area contributed by atoms with Gasteiger partial charge >= 0.3 is 5.97 Å². The summed E-state index contributed by atoms with van der Waals surface area (Å²) in [5.74, 6) is -0.417. The topological polar surface area (TPSA) is 90.8 Å². The summed E-state index contributed by atoms with van der Waals surface area (Å²) in [5.41, 5.74) is 2.13. The van der Waals surface area contributed by atoms with Crippen molar-refractivity contribution in [2.24, 2.45) is 0 Å². The summed E-state index contributed by atoms with van der Waals surface area (Å²) in [6.45, 7) is 1.88. The lowest BCUT2D eigenvalue weighted by Crippen LogP contribution is -2.05. The molecule has 2 aromatic carbocycles. The van der Waals surface area contributed by atoms with Crippen molar-refractivity contribution in [2.75, 3.05) is 21.3 Å². The van der Waals surface area contributed by atoms with Crippen LogP contribution in [0.3, 0.4) is 0 Å². The van der Waals surface area contributed by atoms with Gasteiger partial charge in [-0.05, 0) is 18.6 Å². The van der Waals surface area contributed by atoms with E-state index < -0.39 is 5.97 Å². The van der Waals surface area contributed by atoms with Crippen molar-refractivity contribution in [3.8, 4) is 38.9 Å². The highest BCUT2D eigenvalue weighted by molar-refractivity contribution is 7.14. The van der Waals surface area contributed by atoms with Crippen molar-refractivity contribution in [2.45, 2.75) is 6.92 Å². The molecule has 27 heavy (non-hydrogen) atoms. The number of aromatic nitrogens is 2. The number of aromatic carboxylic acids is 1. The number of methoxy groups -OCH3 is 3. The minimum atomic E-state index is -1.13. The minimum Gasteiger partial charge on any atom is -0.492 e. The summed E-state index contributed by atoms with van der Waals surface area (Å²) in [6.07, 6.45) is 0. The Labute approximate surface area is 160 Å². The van der Waals surface area contributed by atoms with Crippen LogP contribution in [0.1, 0.15) is 15.4 Å². The molecule has 0 bridgehead atoms. The fraction of sp³-hybridized carbons (Fsp3) is 0.211. The van der Waals surface area contributed by atoms with E-state index in [-0.39, 0.29) is 17.1 Å². The van der Waals surface area contributed by atoms with Crippen molar-refractivity contribution in [3.05, 3.63) is 40.9 Å². The van der Waals surface area contributed by atoms with Crippen molar-refractivity contribution in [3.63, 3.8) is 0 Å². The molecule has 0 saturated heterocycles. The van der Waals surface area contributed by atoms with Crippen molar-refractivity contribution < 1.29 is 24.1 Å². The first-order chi connectivity index (χ1) is 13.0. The molecule has 0 aliphatic rings. The molecule has 8 heteroatoms. The SMILES string of the molecule is COc1c(C(=O)O)cc(-c2ccccc2-c2nnc(C)s2)c(OC)c1OC. The van der Waals surface area contributed by atoms with E-state index in [9.17, 15) is 9.90 Å². The zero-order valence-electron chi connectivity index (χ0n) is 15.3. The maximum Gasteiger partial charge on any atom is 0.339 e. The van der Waals surface area contributed by atoms with Crippen LogP contribution >= 0.6 is 11.3 Å². The van der Waals surface area contributed by atoms with Crippen molar-refractivity contribution in [1.82, 2.24) is 10.2 Å². The number of aryl methyl sites for hydroxylation is 1. The summed E-state index contributed by atoms with van der Waals surface area (Å²) < 4.78 is 16.3. The lowest BCUT2D eigenvalue weighted by Gasteiger charge is -2.19. The van der Waals surface area contributed by atoms with Crippen LogP contribution in [0.2, 0.25) is 0 Å². The second-order valence-corrected chi connectivity index (χ2v) is 6.73. The zero-order valence-corrected chi connectivity index (χ0v) is 16.1. The van der Waals surface area contributed by atoms with Gasteiger partial charge in [0.25, 0.3) is 0 Å². The highest BCUT2D eigenvalue weighted by Gasteiger charge is 2.26. The van der Waals surface area contributed by atoms with E-state index >= 15 is 0 Å². The number of benzene rings is 2. The van der Waals surface area contributed by atoms with Gasteiger partial charge in [0.1, 0.15) is 15.6 Å². The van der Waals surface area contributed by atoms with Gasteiger partial charge in [0.2, 0.25) is 5.75 Å². The maximum atomic E-state index is 11.8. The van der Waals surface area contributed by atoms with Crippen LogP contribution in [0, 0.1) is 6.92 Å². The minimum absolute atomic E-state index is 0.0200. The Bertz CT molecular complexity index is 1000. The lowest BCUT2D eigenvalue weighted by molar-refractivity contribution is 0.0692. The number of ether oxygens (including phenoxy) is 3. The third-order valence-electron chi connectivity index (χ3n) is 4.01. The Balaban J connectivity index is 2.36. The van der Waals surface area contributed by atoms with E-state index in [0.29, 0.717) is 11.3 Å². The molecule has 0 fully saturated rings. The van der Waals surface area contributed by atoms with Gasteiger partial charge in [-0.2, -0.15) is 0 Å². The summed E-state index contributed by atoms with van der Waals surface area (Å²) in [7, 11) is 4.33. The number of carboxylic acid groups (broad SMARTS) is 1. The van der Waals surface area contributed by atoms with E-state index in [2.05, 4.69) is 10.2 Å². The smallest absolute Gasteiger partial charge is 0.339 e. The van der Waals surface area contributed by atoms with Gasteiger partial charge < -0.3 is 19.3 Å². The number of hydrogen-bond donors (Lipinski definition) is 1. The molecular weight excluding hydrogens is 368 g/mol. The van der Waals surface area contributed by atoms with E-state index in [1.54, 1.807) is 0 Å². The molecule has 0 aliphatic heterocycles. The molecule has 0 aliphatic carbocycles. The normalized spacial score (nSPS) is 10.5. The van der Waals surface area contributed by atoms with Crippen LogP contribution in [-0.4, -0.2) is 42.6 Å². The molecule has 7 nitrogen and oxygen atoms in total. The van der Waals surface area contributed by atoms with Gasteiger partial charge in [-0.1, -0.05) is 35.6 Å². The standard InChI is InChI=1S/C19H18N2O5S/c1-10-20-21-18(27-10)12-8-6-5-7-11(12)13-9-14(19(22)23)16(25-3)17(26-4)15(13)24-2/h5-9H,1-4H3,(H,22,23).